The lowest BCUT2D eigenvalue weighted by Crippen LogP contribution is -2.29. The molecule has 0 spiro atoms. The van der Waals surface area contributed by atoms with Gasteiger partial charge in [0.1, 0.15) is 17.3 Å². The number of aliphatic hydroxyl groups is 1. The molecule has 1 N–H and O–H groups in total. The second-order valence-corrected chi connectivity index (χ2v) is 8.27. The molecular formula is C26H21ClFNO4. The van der Waals surface area contributed by atoms with E-state index in [1.807, 2.05) is 19.9 Å². The number of Topliss-reactive ketones (excluding diaryl/α,β-unsaturated/α-hetero) is 1. The Labute approximate surface area is 195 Å². The number of aryl methyl sites for hydroxylation is 2. The van der Waals surface area contributed by atoms with E-state index in [0.29, 0.717) is 16.3 Å². The van der Waals surface area contributed by atoms with Crippen molar-refractivity contribution in [2.45, 2.75) is 19.9 Å². The first kappa shape index (κ1) is 22.6. The van der Waals surface area contributed by atoms with Crippen LogP contribution in [0.1, 0.15) is 28.3 Å². The molecule has 0 saturated carbocycles. The summed E-state index contributed by atoms with van der Waals surface area (Å²) in [6.45, 7) is 3.84. The first-order valence-corrected chi connectivity index (χ1v) is 10.6. The fourth-order valence-electron chi connectivity index (χ4n) is 3.95. The molecule has 33 heavy (non-hydrogen) atoms. The summed E-state index contributed by atoms with van der Waals surface area (Å²) in [5, 5.41) is 11.6. The number of ketones is 1. The second kappa shape index (κ2) is 8.71. The highest BCUT2D eigenvalue weighted by Crippen LogP contribution is 2.43. The predicted octanol–water partition coefficient (Wildman–Crippen LogP) is 5.73. The number of hydrogen-bond donors (Lipinski definition) is 1. The molecule has 0 aromatic heterocycles. The molecule has 1 amide bonds. The van der Waals surface area contributed by atoms with Crippen LogP contribution in [0.4, 0.5) is 10.1 Å². The van der Waals surface area contributed by atoms with Gasteiger partial charge in [-0.1, -0.05) is 29.8 Å². The Morgan fingerprint density at radius 2 is 1.70 bits per heavy atom. The van der Waals surface area contributed by atoms with Crippen molar-refractivity contribution >= 4 is 34.7 Å². The average molecular weight is 466 g/mol. The highest BCUT2D eigenvalue weighted by molar-refractivity contribution is 6.51. The van der Waals surface area contributed by atoms with Crippen molar-refractivity contribution in [1.29, 1.82) is 0 Å². The molecule has 0 aliphatic carbocycles. The fraction of sp³-hybridized carbons (Fsp3) is 0.154. The zero-order valence-electron chi connectivity index (χ0n) is 18.2. The van der Waals surface area contributed by atoms with Crippen LogP contribution in [-0.2, 0) is 9.59 Å². The topological polar surface area (TPSA) is 66.8 Å². The van der Waals surface area contributed by atoms with Crippen LogP contribution in [0.5, 0.6) is 5.75 Å². The van der Waals surface area contributed by atoms with Gasteiger partial charge in [0.2, 0.25) is 0 Å². The number of methoxy groups -OCH3 is 1. The summed E-state index contributed by atoms with van der Waals surface area (Å²) in [4.78, 5) is 27.8. The summed E-state index contributed by atoms with van der Waals surface area (Å²) in [6.07, 6.45) is 0. The number of benzene rings is 3. The molecule has 1 atom stereocenters. The Morgan fingerprint density at radius 3 is 2.33 bits per heavy atom. The molecule has 4 rings (SSSR count). The standard InChI is InChI=1S/C26H21ClFNO4/c1-14-4-10-19(12-15(14)2)29-23(16-5-8-18(28)9-6-16)22(25(31)26(29)32)24(30)20-13-17(27)7-11-21(20)33-3/h4-13,23,30H,1-3H3/b24-22+. The quantitative estimate of drug-likeness (QED) is 0.303. The van der Waals surface area contributed by atoms with Crippen molar-refractivity contribution in [2.24, 2.45) is 0 Å². The highest BCUT2D eigenvalue weighted by atomic mass is 35.5. The first-order chi connectivity index (χ1) is 15.7. The summed E-state index contributed by atoms with van der Waals surface area (Å²) in [7, 11) is 1.42. The highest BCUT2D eigenvalue weighted by Gasteiger charge is 2.47. The van der Waals surface area contributed by atoms with E-state index in [1.165, 1.54) is 42.3 Å². The Morgan fingerprint density at radius 1 is 1.00 bits per heavy atom. The fourth-order valence-corrected chi connectivity index (χ4v) is 4.12. The lowest BCUT2D eigenvalue weighted by molar-refractivity contribution is -0.132. The van der Waals surface area contributed by atoms with Crippen LogP contribution in [0.2, 0.25) is 5.02 Å². The van der Waals surface area contributed by atoms with E-state index < -0.39 is 29.3 Å². The maximum atomic E-state index is 13.7. The molecule has 7 heteroatoms. The van der Waals surface area contributed by atoms with Crippen molar-refractivity contribution in [2.75, 3.05) is 12.0 Å². The van der Waals surface area contributed by atoms with Gasteiger partial charge in [0, 0.05) is 10.7 Å². The van der Waals surface area contributed by atoms with Crippen LogP contribution in [0, 0.1) is 19.7 Å². The molecule has 3 aromatic carbocycles. The molecule has 3 aromatic rings. The molecule has 1 aliphatic heterocycles. The third kappa shape index (κ3) is 3.98. The van der Waals surface area contributed by atoms with Crippen molar-refractivity contribution in [3.8, 4) is 5.75 Å². The van der Waals surface area contributed by atoms with Gasteiger partial charge in [0.05, 0.1) is 24.3 Å². The first-order valence-electron chi connectivity index (χ1n) is 10.2. The number of nitrogens with zero attached hydrogens (tertiary/aromatic N) is 1. The number of hydrogen-bond acceptors (Lipinski definition) is 4. The predicted molar refractivity (Wildman–Crippen MR) is 125 cm³/mol. The summed E-state index contributed by atoms with van der Waals surface area (Å²) < 4.78 is 19.0. The number of amides is 1. The van der Waals surface area contributed by atoms with E-state index in [0.717, 1.165) is 11.1 Å². The van der Waals surface area contributed by atoms with Crippen LogP contribution in [0.25, 0.3) is 5.76 Å². The molecule has 1 saturated heterocycles. The van der Waals surface area contributed by atoms with E-state index in [9.17, 15) is 19.1 Å². The summed E-state index contributed by atoms with van der Waals surface area (Å²) >= 11 is 6.12. The van der Waals surface area contributed by atoms with E-state index in [2.05, 4.69) is 0 Å². The Balaban J connectivity index is 1.99. The van der Waals surface area contributed by atoms with E-state index in [4.69, 9.17) is 16.3 Å². The van der Waals surface area contributed by atoms with Crippen LogP contribution in [0.15, 0.2) is 66.2 Å². The monoisotopic (exact) mass is 465 g/mol. The van der Waals surface area contributed by atoms with Gasteiger partial charge in [-0.25, -0.2) is 4.39 Å². The average Bonchev–Trinajstić information content (AvgIpc) is 3.06. The molecule has 0 bridgehead atoms. The lowest BCUT2D eigenvalue weighted by atomic mass is 9.94. The molecule has 5 nitrogen and oxygen atoms in total. The third-order valence-corrected chi connectivity index (χ3v) is 6.05. The molecule has 1 fully saturated rings. The van der Waals surface area contributed by atoms with Gasteiger partial charge in [-0.15, -0.1) is 0 Å². The van der Waals surface area contributed by atoms with Gasteiger partial charge >= 0.3 is 0 Å². The van der Waals surface area contributed by atoms with Crippen molar-refractivity contribution in [1.82, 2.24) is 0 Å². The van der Waals surface area contributed by atoms with Crippen LogP contribution >= 0.6 is 11.6 Å². The molecule has 168 valence electrons. The number of ether oxygens (including phenoxy) is 1. The Kier molecular flexibility index (Phi) is 5.95. The van der Waals surface area contributed by atoms with Crippen LogP contribution in [0.3, 0.4) is 0 Å². The molecule has 0 radical (unpaired) electrons. The normalized spacial score (nSPS) is 17.5. The van der Waals surface area contributed by atoms with Crippen LogP contribution in [-0.4, -0.2) is 23.9 Å². The van der Waals surface area contributed by atoms with E-state index >= 15 is 0 Å². The van der Waals surface area contributed by atoms with Gasteiger partial charge in [0.25, 0.3) is 11.7 Å². The van der Waals surface area contributed by atoms with Gasteiger partial charge < -0.3 is 9.84 Å². The molecular weight excluding hydrogens is 445 g/mol. The maximum absolute atomic E-state index is 13.7. The Bertz CT molecular complexity index is 1300. The number of carbonyl (C=O) groups is 2. The second-order valence-electron chi connectivity index (χ2n) is 7.83. The number of halogens is 2. The van der Waals surface area contributed by atoms with Crippen molar-refractivity contribution in [3.63, 3.8) is 0 Å². The molecule has 1 aliphatic rings. The van der Waals surface area contributed by atoms with Gasteiger partial charge in [0.15, 0.2) is 0 Å². The van der Waals surface area contributed by atoms with E-state index in [-0.39, 0.29) is 16.9 Å². The Hall–Kier alpha value is -3.64. The molecule has 1 heterocycles. The zero-order chi connectivity index (χ0) is 23.9. The number of anilines is 1. The van der Waals surface area contributed by atoms with Crippen LogP contribution < -0.4 is 9.64 Å². The van der Waals surface area contributed by atoms with E-state index in [1.54, 1.807) is 24.3 Å². The maximum Gasteiger partial charge on any atom is 0.300 e. The summed E-state index contributed by atoms with van der Waals surface area (Å²) in [6, 6.07) is 14.5. The minimum Gasteiger partial charge on any atom is -0.507 e. The lowest BCUT2D eigenvalue weighted by Gasteiger charge is -2.26. The molecule has 1 unspecified atom stereocenters. The zero-order valence-corrected chi connectivity index (χ0v) is 19.0. The van der Waals surface area contributed by atoms with Gasteiger partial charge in [-0.05, 0) is 73.0 Å². The summed E-state index contributed by atoms with van der Waals surface area (Å²) in [5.41, 5.74) is 2.96. The largest absolute Gasteiger partial charge is 0.507 e. The smallest absolute Gasteiger partial charge is 0.300 e. The number of aliphatic hydroxyl groups excluding tert-OH is 1. The van der Waals surface area contributed by atoms with Crippen molar-refractivity contribution < 1.29 is 23.8 Å². The minimum atomic E-state index is -0.976. The summed E-state index contributed by atoms with van der Waals surface area (Å²) in [5.74, 6) is -2.25. The van der Waals surface area contributed by atoms with Gasteiger partial charge in [-0.3, -0.25) is 14.5 Å². The number of rotatable bonds is 4. The van der Waals surface area contributed by atoms with Crippen molar-refractivity contribution in [3.05, 3.63) is 99.3 Å². The van der Waals surface area contributed by atoms with Gasteiger partial charge in [-0.2, -0.15) is 0 Å². The number of carbonyl (C=O) groups excluding carboxylic acids is 2. The third-order valence-electron chi connectivity index (χ3n) is 5.82. The SMILES string of the molecule is COc1ccc(Cl)cc1/C(O)=C1\C(=O)C(=O)N(c2ccc(C)c(C)c2)C1c1ccc(F)cc1. The minimum absolute atomic E-state index is 0.134.